The molecular weight excluding hydrogens is 413 g/mol. The summed E-state index contributed by atoms with van der Waals surface area (Å²) >= 11 is 0. The third kappa shape index (κ3) is 5.45. The van der Waals surface area contributed by atoms with Crippen LogP contribution in [0.5, 0.6) is 5.75 Å². The highest BCUT2D eigenvalue weighted by Gasteiger charge is 2.51. The molecule has 3 rings (SSSR count). The molecule has 1 aromatic carbocycles. The summed E-state index contributed by atoms with van der Waals surface area (Å²) in [6.07, 6.45) is 0.606. The average Bonchev–Trinajstić information content (AvgIpc) is 2.95. The summed E-state index contributed by atoms with van der Waals surface area (Å²) in [5.74, 6) is -1.95. The van der Waals surface area contributed by atoms with Crippen molar-refractivity contribution >= 4 is 23.4 Å². The number of anilines is 1. The number of likely N-dealkylation sites (tertiary alicyclic amines) is 1. The van der Waals surface area contributed by atoms with Crippen molar-refractivity contribution < 1.29 is 32.3 Å². The van der Waals surface area contributed by atoms with E-state index in [1.165, 1.54) is 24.3 Å². The molecule has 3 atom stereocenters. The summed E-state index contributed by atoms with van der Waals surface area (Å²) in [5, 5.41) is 2.67. The molecule has 0 radical (unpaired) electrons. The number of allylic oxidation sites excluding steroid dienone is 2. The Kier molecular flexibility index (Phi) is 6.71. The highest BCUT2D eigenvalue weighted by atomic mass is 19.4. The zero-order valence-corrected chi connectivity index (χ0v) is 17.3. The van der Waals surface area contributed by atoms with Gasteiger partial charge in [0, 0.05) is 5.69 Å². The van der Waals surface area contributed by atoms with Gasteiger partial charge < -0.3 is 10.1 Å². The molecule has 1 fully saturated rings. The molecule has 0 saturated carbocycles. The minimum atomic E-state index is -4.45. The third-order valence-corrected chi connectivity index (χ3v) is 5.38. The van der Waals surface area contributed by atoms with E-state index in [-0.39, 0.29) is 23.5 Å². The van der Waals surface area contributed by atoms with Gasteiger partial charge in [-0.15, -0.1) is 0 Å². The second-order valence-corrected chi connectivity index (χ2v) is 8.27. The summed E-state index contributed by atoms with van der Waals surface area (Å²) in [5.41, 5.74) is 0.330. The number of halogens is 3. The van der Waals surface area contributed by atoms with Crippen molar-refractivity contribution in [2.45, 2.75) is 45.3 Å². The van der Waals surface area contributed by atoms with Crippen molar-refractivity contribution in [3.63, 3.8) is 0 Å². The lowest BCUT2D eigenvalue weighted by atomic mass is 9.85. The van der Waals surface area contributed by atoms with Crippen LogP contribution < -0.4 is 10.1 Å². The average molecular weight is 438 g/mol. The minimum Gasteiger partial charge on any atom is -0.484 e. The van der Waals surface area contributed by atoms with Crippen LogP contribution in [0.2, 0.25) is 0 Å². The number of nitrogens with zero attached hydrogens (tertiary/aromatic N) is 1. The van der Waals surface area contributed by atoms with E-state index in [9.17, 15) is 27.6 Å². The van der Waals surface area contributed by atoms with Gasteiger partial charge in [-0.25, -0.2) is 0 Å². The Morgan fingerprint density at radius 2 is 1.65 bits per heavy atom. The number of hydrogen-bond donors (Lipinski definition) is 1. The number of hydrogen-bond acceptors (Lipinski definition) is 4. The molecule has 1 N–H and O–H groups in total. The van der Waals surface area contributed by atoms with Crippen molar-refractivity contribution in [3.8, 4) is 5.75 Å². The van der Waals surface area contributed by atoms with Gasteiger partial charge in [0.15, 0.2) is 6.61 Å². The maximum atomic E-state index is 13.0. The fourth-order valence-corrected chi connectivity index (χ4v) is 3.93. The van der Waals surface area contributed by atoms with E-state index in [2.05, 4.69) is 10.1 Å². The van der Waals surface area contributed by atoms with Crippen LogP contribution in [0, 0.1) is 17.8 Å². The highest BCUT2D eigenvalue weighted by Crippen LogP contribution is 2.37. The molecule has 1 aliphatic heterocycles. The van der Waals surface area contributed by atoms with E-state index in [0.717, 1.165) is 4.90 Å². The zero-order chi connectivity index (χ0) is 22.8. The standard InChI is InChI=1S/C22H25F3N2O4/c1-13(2)11-18(27-20(29)16-5-3-4-6-17(16)21(27)30)19(28)26-14-7-9-15(10-8-14)31-12-22(23,24)25/h3-4,7-10,13,16-18H,5-6,11-12H2,1-2H3,(H,26,28). The van der Waals surface area contributed by atoms with Gasteiger partial charge >= 0.3 is 6.18 Å². The Balaban J connectivity index is 1.72. The number of rotatable bonds is 7. The largest absolute Gasteiger partial charge is 0.484 e. The Morgan fingerprint density at radius 1 is 1.10 bits per heavy atom. The third-order valence-electron chi connectivity index (χ3n) is 5.38. The first kappa shape index (κ1) is 22.8. The molecule has 6 nitrogen and oxygen atoms in total. The number of carbonyl (C=O) groups excluding carboxylic acids is 3. The molecule has 1 heterocycles. The van der Waals surface area contributed by atoms with Gasteiger partial charge in [-0.05, 0) is 49.4 Å². The smallest absolute Gasteiger partial charge is 0.422 e. The molecule has 1 aliphatic carbocycles. The fourth-order valence-electron chi connectivity index (χ4n) is 3.93. The molecule has 1 aromatic rings. The zero-order valence-electron chi connectivity index (χ0n) is 17.3. The van der Waals surface area contributed by atoms with E-state index in [1.807, 2.05) is 26.0 Å². The number of nitrogens with one attached hydrogen (secondary N) is 1. The number of benzene rings is 1. The second-order valence-electron chi connectivity index (χ2n) is 8.27. The van der Waals surface area contributed by atoms with Crippen molar-refractivity contribution in [2.24, 2.45) is 17.8 Å². The predicted octanol–water partition coefficient (Wildman–Crippen LogP) is 3.93. The number of alkyl halides is 3. The summed E-state index contributed by atoms with van der Waals surface area (Å²) in [7, 11) is 0. The van der Waals surface area contributed by atoms with Crippen molar-refractivity contribution in [1.82, 2.24) is 4.90 Å². The molecule has 3 amide bonds. The molecule has 168 valence electrons. The lowest BCUT2D eigenvalue weighted by molar-refractivity contribution is -0.153. The molecule has 31 heavy (non-hydrogen) atoms. The second kappa shape index (κ2) is 9.11. The first-order chi connectivity index (χ1) is 14.6. The number of amides is 3. The van der Waals surface area contributed by atoms with Crippen LogP contribution in [0.1, 0.15) is 33.1 Å². The molecule has 0 bridgehead atoms. The molecule has 2 aliphatic rings. The summed E-state index contributed by atoms with van der Waals surface area (Å²) in [6.45, 7) is 2.38. The minimum absolute atomic E-state index is 0.00975. The van der Waals surface area contributed by atoms with Crippen molar-refractivity contribution in [3.05, 3.63) is 36.4 Å². The van der Waals surface area contributed by atoms with Crippen LogP contribution >= 0.6 is 0 Å². The summed E-state index contributed by atoms with van der Waals surface area (Å²) in [6, 6.07) is 4.49. The van der Waals surface area contributed by atoms with Gasteiger partial charge in [0.05, 0.1) is 11.8 Å². The van der Waals surface area contributed by atoms with Gasteiger partial charge in [0.1, 0.15) is 11.8 Å². The van der Waals surface area contributed by atoms with Crippen LogP contribution in [0.4, 0.5) is 18.9 Å². The topological polar surface area (TPSA) is 75.7 Å². The number of carbonyl (C=O) groups is 3. The molecule has 3 unspecified atom stereocenters. The van der Waals surface area contributed by atoms with Crippen LogP contribution in [0.25, 0.3) is 0 Å². The van der Waals surface area contributed by atoms with Crippen LogP contribution in [0.3, 0.4) is 0 Å². The van der Waals surface area contributed by atoms with Crippen LogP contribution in [0.15, 0.2) is 36.4 Å². The monoisotopic (exact) mass is 438 g/mol. The van der Waals surface area contributed by atoms with Crippen molar-refractivity contribution in [1.29, 1.82) is 0 Å². The molecule has 0 spiro atoms. The molecule has 0 aromatic heterocycles. The SMILES string of the molecule is CC(C)CC(C(=O)Nc1ccc(OCC(F)(F)F)cc1)N1C(=O)C2CC=CCC2C1=O. The fraction of sp³-hybridized carbons (Fsp3) is 0.500. The Hall–Kier alpha value is -2.84. The lowest BCUT2D eigenvalue weighted by Gasteiger charge is -2.27. The Bertz CT molecular complexity index is 839. The van der Waals surface area contributed by atoms with E-state index in [1.54, 1.807) is 0 Å². The van der Waals surface area contributed by atoms with Gasteiger partial charge in [0.25, 0.3) is 0 Å². The maximum absolute atomic E-state index is 13.0. The van der Waals surface area contributed by atoms with E-state index in [4.69, 9.17) is 0 Å². The number of imide groups is 1. The van der Waals surface area contributed by atoms with Crippen LogP contribution in [-0.2, 0) is 14.4 Å². The van der Waals surface area contributed by atoms with Gasteiger partial charge in [-0.2, -0.15) is 13.2 Å². The van der Waals surface area contributed by atoms with Gasteiger partial charge in [-0.3, -0.25) is 19.3 Å². The normalized spacial score (nSPS) is 21.9. The van der Waals surface area contributed by atoms with E-state index in [0.29, 0.717) is 24.9 Å². The summed E-state index contributed by atoms with van der Waals surface area (Å²) in [4.78, 5) is 40.0. The van der Waals surface area contributed by atoms with Crippen molar-refractivity contribution in [2.75, 3.05) is 11.9 Å². The molecule has 1 saturated heterocycles. The molecule has 9 heteroatoms. The summed E-state index contributed by atoms with van der Waals surface area (Å²) < 4.78 is 41.4. The highest BCUT2D eigenvalue weighted by molar-refractivity contribution is 6.10. The predicted molar refractivity (Wildman–Crippen MR) is 107 cm³/mol. The van der Waals surface area contributed by atoms with Gasteiger partial charge in [-0.1, -0.05) is 26.0 Å². The molecular formula is C22H25F3N2O4. The van der Waals surface area contributed by atoms with E-state index >= 15 is 0 Å². The van der Waals surface area contributed by atoms with Gasteiger partial charge in [0.2, 0.25) is 17.7 Å². The first-order valence-corrected chi connectivity index (χ1v) is 10.2. The number of fused-ring (bicyclic) bond motifs is 1. The van der Waals surface area contributed by atoms with E-state index < -0.39 is 36.6 Å². The van der Waals surface area contributed by atoms with Crippen LogP contribution in [-0.4, -0.2) is 41.4 Å². The first-order valence-electron chi connectivity index (χ1n) is 10.2. The Labute approximate surface area is 178 Å². The Morgan fingerprint density at radius 3 is 2.13 bits per heavy atom. The lowest BCUT2D eigenvalue weighted by Crippen LogP contribution is -2.48. The number of ether oxygens (including phenoxy) is 1. The quantitative estimate of drug-likeness (QED) is 0.517. The maximum Gasteiger partial charge on any atom is 0.422 e.